The van der Waals surface area contributed by atoms with Crippen molar-refractivity contribution in [2.24, 2.45) is 5.73 Å². The number of fused-ring (bicyclic) bond motifs is 3. The molecule has 2 aliphatic carbocycles. The van der Waals surface area contributed by atoms with E-state index in [1.807, 2.05) is 0 Å². The van der Waals surface area contributed by atoms with E-state index in [1.165, 1.54) is 49.8 Å². The van der Waals surface area contributed by atoms with Gasteiger partial charge in [0.1, 0.15) is 22.8 Å². The predicted octanol–water partition coefficient (Wildman–Crippen LogP) is 1.26. The molecule has 1 fully saturated rings. The van der Waals surface area contributed by atoms with Crippen LogP contribution in [0.4, 0.5) is 0 Å². The molecule has 2 aromatic carbocycles. The highest BCUT2D eigenvalue weighted by Gasteiger charge is 2.50. The second-order valence-corrected chi connectivity index (χ2v) is 11.8. The number of pyridine rings is 1. The van der Waals surface area contributed by atoms with Gasteiger partial charge in [0.15, 0.2) is 18.7 Å². The molecule has 246 valence electrons. The number of carbonyl (C=O) groups is 4. The van der Waals surface area contributed by atoms with E-state index in [-0.39, 0.29) is 40.0 Å². The lowest BCUT2D eigenvalue weighted by Gasteiger charge is -2.42. The van der Waals surface area contributed by atoms with Gasteiger partial charge in [0.05, 0.1) is 47.7 Å². The fourth-order valence-corrected chi connectivity index (χ4v) is 6.44. The van der Waals surface area contributed by atoms with Crippen molar-refractivity contribution < 1.29 is 58.6 Å². The number of Topliss-reactive ketones (excluding diaryl/α,β-unsaturated/α-hetero) is 1. The van der Waals surface area contributed by atoms with Crippen LogP contribution in [-0.2, 0) is 25.4 Å². The third-order valence-corrected chi connectivity index (χ3v) is 8.89. The Morgan fingerprint density at radius 1 is 1.09 bits per heavy atom. The minimum absolute atomic E-state index is 0.0217. The number of hydrogen-bond acceptors (Lipinski definition) is 14. The van der Waals surface area contributed by atoms with E-state index in [4.69, 9.17) is 24.7 Å². The molecule has 1 saturated heterocycles. The molecule has 6 N–H and O–H groups in total. The Hall–Kier alpha value is -4.73. The first-order valence-corrected chi connectivity index (χ1v) is 14.8. The van der Waals surface area contributed by atoms with Crippen LogP contribution in [0.2, 0.25) is 0 Å². The normalized spacial score (nSPS) is 26.5. The first-order chi connectivity index (χ1) is 22.4. The van der Waals surface area contributed by atoms with E-state index in [1.54, 1.807) is 6.92 Å². The summed E-state index contributed by atoms with van der Waals surface area (Å²) in [5.74, 6) is -4.79. The number of ketones is 3. The number of benzene rings is 2. The standard InChI is InChI=1S/C33H32N2O12/c1-14-27(37)18(34)9-22(46-14)47-20-11-33(43,21(36)13-45-32(42)15-5-4-8-35-12-15)10-17-24(20)31(41)26-25(29(17)39)28(38)16-6-3-7-19(44-2)23(16)30(26)40/h3-8,12,14,18,20,22,27,37,39,41,43H,9-11,13,34H2,1-2H3/t14-,18-,20-,22+,27-,33+/m1/s1. The van der Waals surface area contributed by atoms with Crippen molar-refractivity contribution in [1.82, 2.24) is 4.98 Å². The molecule has 0 radical (unpaired) electrons. The van der Waals surface area contributed by atoms with E-state index in [0.29, 0.717) is 0 Å². The zero-order valence-corrected chi connectivity index (χ0v) is 25.3. The lowest BCUT2D eigenvalue weighted by molar-refractivity contribution is -0.247. The van der Waals surface area contributed by atoms with Gasteiger partial charge in [-0.05, 0) is 25.1 Å². The molecule has 2 heterocycles. The Labute approximate surface area is 267 Å². The Balaban J connectivity index is 1.42. The summed E-state index contributed by atoms with van der Waals surface area (Å²) in [6, 6.07) is 6.50. The van der Waals surface area contributed by atoms with Crippen molar-refractivity contribution in [3.63, 3.8) is 0 Å². The topological polar surface area (TPSA) is 225 Å². The predicted molar refractivity (Wildman–Crippen MR) is 159 cm³/mol. The summed E-state index contributed by atoms with van der Waals surface area (Å²) >= 11 is 0. The lowest BCUT2D eigenvalue weighted by atomic mass is 9.72. The fourth-order valence-electron chi connectivity index (χ4n) is 6.44. The molecule has 0 saturated carbocycles. The summed E-state index contributed by atoms with van der Waals surface area (Å²) in [7, 11) is 1.32. The van der Waals surface area contributed by atoms with Gasteiger partial charge < -0.3 is 45.1 Å². The average molecular weight is 649 g/mol. The van der Waals surface area contributed by atoms with Gasteiger partial charge in [-0.3, -0.25) is 19.4 Å². The average Bonchev–Trinajstić information content (AvgIpc) is 3.06. The van der Waals surface area contributed by atoms with Crippen molar-refractivity contribution in [3.8, 4) is 17.2 Å². The van der Waals surface area contributed by atoms with Crippen molar-refractivity contribution in [2.75, 3.05) is 13.7 Å². The molecule has 0 amide bonds. The zero-order chi connectivity index (χ0) is 33.8. The molecule has 1 aliphatic heterocycles. The molecule has 6 rings (SSSR count). The number of aromatic hydroxyl groups is 2. The first kappa shape index (κ1) is 32.2. The van der Waals surface area contributed by atoms with Crippen LogP contribution >= 0.6 is 0 Å². The number of phenols is 2. The number of hydrogen-bond donors (Lipinski definition) is 5. The van der Waals surface area contributed by atoms with Gasteiger partial charge in [-0.1, -0.05) is 12.1 Å². The van der Waals surface area contributed by atoms with Crippen LogP contribution < -0.4 is 10.5 Å². The van der Waals surface area contributed by atoms with Crippen molar-refractivity contribution >= 4 is 23.3 Å². The van der Waals surface area contributed by atoms with E-state index < -0.39 is 102 Å². The molecule has 1 aromatic heterocycles. The summed E-state index contributed by atoms with van der Waals surface area (Å²) in [5, 5.41) is 45.3. The summed E-state index contributed by atoms with van der Waals surface area (Å²) in [6.45, 7) is 0.697. The van der Waals surface area contributed by atoms with Gasteiger partial charge >= 0.3 is 5.97 Å². The smallest absolute Gasteiger partial charge is 0.340 e. The number of carbonyl (C=O) groups excluding carboxylic acids is 4. The zero-order valence-electron chi connectivity index (χ0n) is 25.3. The highest BCUT2D eigenvalue weighted by Crippen LogP contribution is 2.52. The highest BCUT2D eigenvalue weighted by atomic mass is 16.7. The maximum atomic E-state index is 13.8. The molecule has 0 bridgehead atoms. The SMILES string of the molecule is COc1cccc2c1C(=O)c1c(O)c3c(c(O)c1C2=O)C[C@@](O)(C(=O)COC(=O)c1cccnc1)C[C@H]3O[C@H]1C[C@@H](N)[C@H](O)[C@@H](C)O1. The number of rotatable bonds is 7. The summed E-state index contributed by atoms with van der Waals surface area (Å²) in [4.78, 5) is 57.4. The molecule has 0 unspecified atom stereocenters. The number of aromatic nitrogens is 1. The molecule has 14 heteroatoms. The molecule has 14 nitrogen and oxygen atoms in total. The Morgan fingerprint density at radius 2 is 1.83 bits per heavy atom. The number of ether oxygens (including phenoxy) is 4. The van der Waals surface area contributed by atoms with E-state index in [2.05, 4.69) is 4.98 Å². The van der Waals surface area contributed by atoms with E-state index in [9.17, 15) is 39.6 Å². The maximum Gasteiger partial charge on any atom is 0.340 e. The summed E-state index contributed by atoms with van der Waals surface area (Å²) < 4.78 is 22.4. The van der Waals surface area contributed by atoms with Crippen molar-refractivity contribution in [3.05, 3.63) is 81.7 Å². The lowest BCUT2D eigenvalue weighted by Crippen LogP contribution is -2.53. The van der Waals surface area contributed by atoms with Crippen molar-refractivity contribution in [1.29, 1.82) is 0 Å². The number of methoxy groups -OCH3 is 1. The molecule has 3 aliphatic rings. The number of aliphatic hydroxyl groups is 2. The largest absolute Gasteiger partial charge is 0.507 e. The third kappa shape index (κ3) is 5.43. The molecule has 6 atom stereocenters. The van der Waals surface area contributed by atoms with E-state index in [0.717, 1.165) is 0 Å². The number of nitrogens with zero attached hydrogens (tertiary/aromatic N) is 1. The monoisotopic (exact) mass is 648 g/mol. The molecule has 47 heavy (non-hydrogen) atoms. The Morgan fingerprint density at radius 3 is 2.51 bits per heavy atom. The quantitative estimate of drug-likeness (QED) is 0.141. The molecular weight excluding hydrogens is 616 g/mol. The van der Waals surface area contributed by atoms with Crippen molar-refractivity contribution in [2.45, 2.75) is 62.4 Å². The van der Waals surface area contributed by atoms with Gasteiger partial charge in [0.2, 0.25) is 11.6 Å². The van der Waals surface area contributed by atoms with Gasteiger partial charge in [0, 0.05) is 54.4 Å². The Bertz CT molecular complexity index is 1780. The molecule has 0 spiro atoms. The van der Waals surface area contributed by atoms with Gasteiger partial charge in [-0.15, -0.1) is 0 Å². The number of nitrogens with two attached hydrogens (primary N) is 1. The van der Waals surface area contributed by atoms with Crippen LogP contribution in [0.5, 0.6) is 17.2 Å². The van der Waals surface area contributed by atoms with Gasteiger partial charge in [-0.2, -0.15) is 0 Å². The molecule has 3 aromatic rings. The van der Waals surface area contributed by atoms with Crippen LogP contribution in [0, 0.1) is 0 Å². The van der Waals surface area contributed by atoms with Crippen LogP contribution in [0.1, 0.15) is 79.2 Å². The second kappa shape index (κ2) is 12.1. The van der Waals surface area contributed by atoms with Gasteiger partial charge in [-0.25, -0.2) is 4.79 Å². The third-order valence-electron chi connectivity index (χ3n) is 8.89. The maximum absolute atomic E-state index is 13.8. The van der Waals surface area contributed by atoms with Crippen LogP contribution in [0.25, 0.3) is 0 Å². The number of phenolic OH excluding ortho intramolecular Hbond substituents is 2. The van der Waals surface area contributed by atoms with Crippen LogP contribution in [0.15, 0.2) is 42.7 Å². The summed E-state index contributed by atoms with van der Waals surface area (Å²) in [6.07, 6.45) is -2.82. The minimum atomic E-state index is -2.35. The fraction of sp³-hybridized carbons (Fsp3) is 0.364. The number of esters is 1. The summed E-state index contributed by atoms with van der Waals surface area (Å²) in [5.41, 5.74) is 2.22. The number of aliphatic hydroxyl groups excluding tert-OH is 1. The van der Waals surface area contributed by atoms with E-state index >= 15 is 0 Å². The minimum Gasteiger partial charge on any atom is -0.507 e. The van der Waals surface area contributed by atoms with Crippen LogP contribution in [0.3, 0.4) is 0 Å². The first-order valence-electron chi connectivity index (χ1n) is 14.8. The highest BCUT2D eigenvalue weighted by molar-refractivity contribution is 6.31. The second-order valence-electron chi connectivity index (χ2n) is 11.8. The molecular formula is C33H32N2O12. The Kier molecular flexibility index (Phi) is 8.32. The van der Waals surface area contributed by atoms with Gasteiger partial charge in [0.25, 0.3) is 0 Å². The van der Waals surface area contributed by atoms with Crippen LogP contribution in [-0.4, -0.2) is 92.6 Å².